The van der Waals surface area contributed by atoms with E-state index < -0.39 is 0 Å². The Kier molecular flexibility index (Phi) is 21.0. The first kappa shape index (κ1) is 23.2. The SMILES string of the molecule is CCCCCCCCC(N)=O.CCCCCCCCC(N)=O. The Hall–Kier alpha value is -1.06. The van der Waals surface area contributed by atoms with Crippen LogP contribution in [0.3, 0.4) is 0 Å². The van der Waals surface area contributed by atoms with E-state index in [9.17, 15) is 9.59 Å². The number of carbonyl (C=O) groups is 2. The van der Waals surface area contributed by atoms with Crippen molar-refractivity contribution in [2.75, 3.05) is 0 Å². The molecule has 0 rings (SSSR count). The van der Waals surface area contributed by atoms with E-state index in [0.717, 1.165) is 25.7 Å². The van der Waals surface area contributed by atoms with E-state index in [0.29, 0.717) is 12.8 Å². The monoisotopic (exact) mass is 314 g/mol. The molecular weight excluding hydrogens is 276 g/mol. The van der Waals surface area contributed by atoms with E-state index in [1.165, 1.54) is 51.4 Å². The topological polar surface area (TPSA) is 86.2 Å². The molecule has 0 radical (unpaired) electrons. The van der Waals surface area contributed by atoms with Crippen molar-refractivity contribution < 1.29 is 9.59 Å². The van der Waals surface area contributed by atoms with Crippen molar-refractivity contribution in [1.29, 1.82) is 0 Å². The molecule has 0 unspecified atom stereocenters. The highest BCUT2D eigenvalue weighted by atomic mass is 16.1. The summed E-state index contributed by atoms with van der Waals surface area (Å²) < 4.78 is 0. The van der Waals surface area contributed by atoms with Crippen LogP contribution < -0.4 is 11.5 Å². The van der Waals surface area contributed by atoms with E-state index >= 15 is 0 Å². The van der Waals surface area contributed by atoms with Gasteiger partial charge in [-0.3, -0.25) is 9.59 Å². The molecule has 4 nitrogen and oxygen atoms in total. The van der Waals surface area contributed by atoms with Crippen LogP contribution in [-0.2, 0) is 9.59 Å². The van der Waals surface area contributed by atoms with Gasteiger partial charge in [0.1, 0.15) is 0 Å². The molecule has 4 heteroatoms. The van der Waals surface area contributed by atoms with E-state index in [2.05, 4.69) is 13.8 Å². The van der Waals surface area contributed by atoms with Gasteiger partial charge in [0.15, 0.2) is 0 Å². The maximum absolute atomic E-state index is 10.3. The van der Waals surface area contributed by atoms with E-state index in [4.69, 9.17) is 11.5 Å². The maximum Gasteiger partial charge on any atom is 0.217 e. The lowest BCUT2D eigenvalue weighted by Gasteiger charge is -1.97. The predicted molar refractivity (Wildman–Crippen MR) is 94.4 cm³/mol. The van der Waals surface area contributed by atoms with Crippen molar-refractivity contribution >= 4 is 11.8 Å². The molecule has 0 aromatic carbocycles. The molecule has 2 amide bonds. The van der Waals surface area contributed by atoms with Crippen LogP contribution in [0.5, 0.6) is 0 Å². The van der Waals surface area contributed by atoms with Crippen LogP contribution >= 0.6 is 0 Å². The maximum atomic E-state index is 10.3. The summed E-state index contributed by atoms with van der Waals surface area (Å²) in [6, 6.07) is 0. The highest BCUT2D eigenvalue weighted by Crippen LogP contribution is 2.06. The van der Waals surface area contributed by atoms with Crippen molar-refractivity contribution in [3.8, 4) is 0 Å². The highest BCUT2D eigenvalue weighted by molar-refractivity contribution is 5.73. The summed E-state index contributed by atoms with van der Waals surface area (Å²) in [5.41, 5.74) is 9.99. The van der Waals surface area contributed by atoms with Gasteiger partial charge in [0.2, 0.25) is 11.8 Å². The Morgan fingerprint density at radius 3 is 1.09 bits per heavy atom. The molecule has 0 aromatic heterocycles. The molecule has 0 aromatic rings. The molecule has 0 saturated heterocycles. The van der Waals surface area contributed by atoms with Gasteiger partial charge in [0, 0.05) is 12.8 Å². The van der Waals surface area contributed by atoms with Crippen LogP contribution in [0.4, 0.5) is 0 Å². The van der Waals surface area contributed by atoms with Gasteiger partial charge in [0.05, 0.1) is 0 Å². The molecule has 22 heavy (non-hydrogen) atoms. The fourth-order valence-corrected chi connectivity index (χ4v) is 2.16. The lowest BCUT2D eigenvalue weighted by molar-refractivity contribution is -0.119. The van der Waals surface area contributed by atoms with Crippen LogP contribution in [0.15, 0.2) is 0 Å². The summed E-state index contributed by atoms with van der Waals surface area (Å²) in [6.07, 6.45) is 15.7. The average Bonchev–Trinajstić information content (AvgIpc) is 2.46. The number of primary amides is 2. The Bertz CT molecular complexity index is 229. The van der Waals surface area contributed by atoms with Crippen molar-refractivity contribution in [3.63, 3.8) is 0 Å². The zero-order valence-corrected chi connectivity index (χ0v) is 14.9. The molecule has 0 fully saturated rings. The molecule has 132 valence electrons. The summed E-state index contributed by atoms with van der Waals surface area (Å²) >= 11 is 0. The summed E-state index contributed by atoms with van der Waals surface area (Å²) in [5.74, 6) is -0.332. The third-order valence-corrected chi connectivity index (χ3v) is 3.55. The zero-order valence-electron chi connectivity index (χ0n) is 14.9. The first-order chi connectivity index (χ1) is 10.5. The highest BCUT2D eigenvalue weighted by Gasteiger charge is 1.94. The Morgan fingerprint density at radius 2 is 0.818 bits per heavy atom. The minimum atomic E-state index is -0.166. The number of rotatable bonds is 14. The molecular formula is C18H38N2O2. The second kappa shape index (κ2) is 19.9. The molecule has 0 atom stereocenters. The third-order valence-electron chi connectivity index (χ3n) is 3.55. The Morgan fingerprint density at radius 1 is 0.545 bits per heavy atom. The minimum Gasteiger partial charge on any atom is -0.370 e. The van der Waals surface area contributed by atoms with Gasteiger partial charge in [-0.05, 0) is 12.8 Å². The van der Waals surface area contributed by atoms with Crippen LogP contribution in [0, 0.1) is 0 Å². The summed E-state index contributed by atoms with van der Waals surface area (Å²) in [4.78, 5) is 20.6. The molecule has 4 N–H and O–H groups in total. The smallest absolute Gasteiger partial charge is 0.217 e. The third kappa shape index (κ3) is 27.3. The van der Waals surface area contributed by atoms with E-state index in [1.54, 1.807) is 0 Å². The molecule has 0 aliphatic heterocycles. The lowest BCUT2D eigenvalue weighted by Crippen LogP contribution is -2.09. The van der Waals surface area contributed by atoms with Crippen LogP contribution in [0.1, 0.15) is 104 Å². The number of hydrogen-bond donors (Lipinski definition) is 2. The number of nitrogens with two attached hydrogens (primary N) is 2. The summed E-state index contributed by atoms with van der Waals surface area (Å²) in [5, 5.41) is 0. The summed E-state index contributed by atoms with van der Waals surface area (Å²) in [7, 11) is 0. The van der Waals surface area contributed by atoms with Crippen LogP contribution in [0.25, 0.3) is 0 Å². The quantitative estimate of drug-likeness (QED) is 0.464. The Labute approximate surface area is 137 Å². The standard InChI is InChI=1S/2C9H19NO/c2*1-2-3-4-5-6-7-8-9(10)11/h2*2-8H2,1H3,(H2,10,11). The molecule has 0 aliphatic carbocycles. The van der Waals surface area contributed by atoms with Crippen LogP contribution in [0.2, 0.25) is 0 Å². The largest absolute Gasteiger partial charge is 0.370 e. The van der Waals surface area contributed by atoms with E-state index in [-0.39, 0.29) is 11.8 Å². The fourth-order valence-electron chi connectivity index (χ4n) is 2.16. The number of hydrogen-bond acceptors (Lipinski definition) is 2. The van der Waals surface area contributed by atoms with Crippen molar-refractivity contribution in [2.45, 2.75) is 104 Å². The van der Waals surface area contributed by atoms with Crippen LogP contribution in [-0.4, -0.2) is 11.8 Å². The number of amides is 2. The average molecular weight is 315 g/mol. The van der Waals surface area contributed by atoms with Crippen molar-refractivity contribution in [1.82, 2.24) is 0 Å². The lowest BCUT2D eigenvalue weighted by atomic mass is 10.1. The zero-order chi connectivity index (χ0) is 17.1. The van der Waals surface area contributed by atoms with Gasteiger partial charge in [-0.25, -0.2) is 0 Å². The number of unbranched alkanes of at least 4 members (excludes halogenated alkanes) is 10. The predicted octanol–water partition coefficient (Wildman–Crippen LogP) is 4.44. The molecule has 0 saturated carbocycles. The Balaban J connectivity index is 0. The molecule has 0 bridgehead atoms. The van der Waals surface area contributed by atoms with Gasteiger partial charge in [-0.2, -0.15) is 0 Å². The minimum absolute atomic E-state index is 0.166. The van der Waals surface area contributed by atoms with Gasteiger partial charge >= 0.3 is 0 Å². The second-order valence-electron chi connectivity index (χ2n) is 5.97. The molecule has 0 spiro atoms. The van der Waals surface area contributed by atoms with Crippen molar-refractivity contribution in [3.05, 3.63) is 0 Å². The first-order valence-corrected chi connectivity index (χ1v) is 9.11. The summed E-state index contributed by atoms with van der Waals surface area (Å²) in [6.45, 7) is 4.40. The molecule has 0 aliphatic rings. The number of carbonyl (C=O) groups excluding carboxylic acids is 2. The van der Waals surface area contributed by atoms with E-state index in [1.807, 2.05) is 0 Å². The molecule has 0 heterocycles. The van der Waals surface area contributed by atoms with Gasteiger partial charge < -0.3 is 11.5 Å². The van der Waals surface area contributed by atoms with Crippen molar-refractivity contribution in [2.24, 2.45) is 11.5 Å². The van der Waals surface area contributed by atoms with Gasteiger partial charge in [0.25, 0.3) is 0 Å². The van der Waals surface area contributed by atoms with Gasteiger partial charge in [-0.15, -0.1) is 0 Å². The fraction of sp³-hybridized carbons (Fsp3) is 0.889. The second-order valence-corrected chi connectivity index (χ2v) is 5.97. The normalized spacial score (nSPS) is 9.91. The van der Waals surface area contributed by atoms with Gasteiger partial charge in [-0.1, -0.05) is 78.1 Å². The first-order valence-electron chi connectivity index (χ1n) is 9.11.